The lowest BCUT2D eigenvalue weighted by Crippen LogP contribution is -2.40. The fraction of sp³-hybridized carbons (Fsp3) is 0.917. The Morgan fingerprint density at radius 1 is 1.56 bits per heavy atom. The predicted molar refractivity (Wildman–Crippen MR) is 62.2 cm³/mol. The van der Waals surface area contributed by atoms with Crippen molar-refractivity contribution in [2.75, 3.05) is 26.9 Å². The molecule has 0 spiro atoms. The highest BCUT2D eigenvalue weighted by atomic mass is 16.5. The quantitative estimate of drug-likeness (QED) is 0.720. The summed E-state index contributed by atoms with van der Waals surface area (Å²) in [5.41, 5.74) is 0. The number of ether oxygens (including phenoxy) is 2. The van der Waals surface area contributed by atoms with E-state index in [2.05, 4.69) is 5.32 Å². The molecule has 1 heterocycles. The van der Waals surface area contributed by atoms with Crippen LogP contribution in [0.4, 0.5) is 0 Å². The molecule has 4 nitrogen and oxygen atoms in total. The summed E-state index contributed by atoms with van der Waals surface area (Å²) in [7, 11) is 1.43. The van der Waals surface area contributed by atoms with Crippen LogP contribution in [0.5, 0.6) is 0 Å². The maximum Gasteiger partial charge on any atom is 0.309 e. The van der Waals surface area contributed by atoms with Crippen molar-refractivity contribution in [1.82, 2.24) is 5.32 Å². The summed E-state index contributed by atoms with van der Waals surface area (Å²) in [6.07, 6.45) is 2.36. The van der Waals surface area contributed by atoms with Gasteiger partial charge in [-0.3, -0.25) is 4.79 Å². The zero-order valence-corrected chi connectivity index (χ0v) is 10.5. The lowest BCUT2D eigenvalue weighted by molar-refractivity contribution is -0.145. The largest absolute Gasteiger partial charge is 0.469 e. The molecule has 0 amide bonds. The van der Waals surface area contributed by atoms with Crippen LogP contribution >= 0.6 is 0 Å². The van der Waals surface area contributed by atoms with E-state index in [-0.39, 0.29) is 17.9 Å². The normalized spacial score (nSPS) is 24.8. The topological polar surface area (TPSA) is 47.6 Å². The molecule has 16 heavy (non-hydrogen) atoms. The van der Waals surface area contributed by atoms with Crippen molar-refractivity contribution in [3.8, 4) is 0 Å². The molecule has 1 aliphatic rings. The fourth-order valence-corrected chi connectivity index (χ4v) is 1.89. The van der Waals surface area contributed by atoms with Crippen molar-refractivity contribution in [3.63, 3.8) is 0 Å². The fourth-order valence-electron chi connectivity index (χ4n) is 1.89. The Morgan fingerprint density at radius 3 is 2.88 bits per heavy atom. The van der Waals surface area contributed by atoms with Gasteiger partial charge < -0.3 is 14.8 Å². The van der Waals surface area contributed by atoms with Crippen LogP contribution in [0.3, 0.4) is 0 Å². The molecule has 0 bridgehead atoms. The summed E-state index contributed by atoms with van der Waals surface area (Å²) in [5, 5.41) is 3.39. The Morgan fingerprint density at radius 2 is 2.31 bits per heavy atom. The van der Waals surface area contributed by atoms with Crippen molar-refractivity contribution in [1.29, 1.82) is 0 Å². The van der Waals surface area contributed by atoms with Gasteiger partial charge in [-0.25, -0.2) is 0 Å². The Balaban J connectivity index is 2.22. The molecule has 1 aliphatic heterocycles. The summed E-state index contributed by atoms with van der Waals surface area (Å²) in [4.78, 5) is 11.3. The molecule has 0 aromatic carbocycles. The maximum absolute atomic E-state index is 11.3. The molecule has 0 aromatic rings. The second kappa shape index (κ2) is 6.86. The summed E-state index contributed by atoms with van der Waals surface area (Å²) >= 11 is 0. The third-order valence-electron chi connectivity index (χ3n) is 3.31. The minimum atomic E-state index is -0.153. The van der Waals surface area contributed by atoms with E-state index in [1.165, 1.54) is 13.5 Å². The molecule has 4 heteroatoms. The third kappa shape index (κ3) is 4.10. The molecular formula is C12H23NO3. The van der Waals surface area contributed by atoms with Crippen LogP contribution in [-0.2, 0) is 14.3 Å². The van der Waals surface area contributed by atoms with E-state index < -0.39 is 0 Å². The first-order valence-corrected chi connectivity index (χ1v) is 6.04. The van der Waals surface area contributed by atoms with E-state index in [4.69, 9.17) is 9.47 Å². The molecule has 1 rings (SSSR count). The number of hydrogen-bond donors (Lipinski definition) is 1. The van der Waals surface area contributed by atoms with Crippen molar-refractivity contribution >= 4 is 5.97 Å². The SMILES string of the molecule is COC(=O)C(C)C(C)NCC1CCCOC1. The van der Waals surface area contributed by atoms with Crippen LogP contribution < -0.4 is 5.32 Å². The number of esters is 1. The minimum absolute atomic E-state index is 0.102. The van der Waals surface area contributed by atoms with Crippen molar-refractivity contribution in [2.45, 2.75) is 32.7 Å². The van der Waals surface area contributed by atoms with E-state index in [0.29, 0.717) is 5.92 Å². The van der Waals surface area contributed by atoms with Gasteiger partial charge in [0.15, 0.2) is 0 Å². The van der Waals surface area contributed by atoms with Crippen molar-refractivity contribution < 1.29 is 14.3 Å². The van der Waals surface area contributed by atoms with Gasteiger partial charge in [-0.1, -0.05) is 6.92 Å². The number of rotatable bonds is 5. The van der Waals surface area contributed by atoms with E-state index in [1.54, 1.807) is 0 Å². The zero-order chi connectivity index (χ0) is 12.0. The average molecular weight is 229 g/mol. The molecular weight excluding hydrogens is 206 g/mol. The van der Waals surface area contributed by atoms with Gasteiger partial charge in [-0.2, -0.15) is 0 Å². The van der Waals surface area contributed by atoms with E-state index in [9.17, 15) is 4.79 Å². The van der Waals surface area contributed by atoms with Crippen molar-refractivity contribution in [3.05, 3.63) is 0 Å². The maximum atomic E-state index is 11.3. The Hall–Kier alpha value is -0.610. The summed E-state index contributed by atoms with van der Waals surface area (Å²) in [5.74, 6) is 0.329. The van der Waals surface area contributed by atoms with Crippen LogP contribution in [0.2, 0.25) is 0 Å². The zero-order valence-electron chi connectivity index (χ0n) is 10.5. The van der Waals surface area contributed by atoms with Gasteiger partial charge in [0.05, 0.1) is 19.6 Å². The summed E-state index contributed by atoms with van der Waals surface area (Å²) < 4.78 is 10.1. The number of hydrogen-bond acceptors (Lipinski definition) is 4. The van der Waals surface area contributed by atoms with E-state index in [1.807, 2.05) is 13.8 Å². The predicted octanol–water partition coefficient (Wildman–Crippen LogP) is 1.20. The summed E-state index contributed by atoms with van der Waals surface area (Å²) in [6, 6.07) is 0.148. The van der Waals surface area contributed by atoms with Crippen molar-refractivity contribution in [2.24, 2.45) is 11.8 Å². The Kier molecular flexibility index (Phi) is 5.77. The Labute approximate surface area is 97.7 Å². The van der Waals surface area contributed by atoms with Gasteiger partial charge in [0, 0.05) is 19.2 Å². The van der Waals surface area contributed by atoms with Crippen LogP contribution in [0.1, 0.15) is 26.7 Å². The van der Waals surface area contributed by atoms with Crippen LogP contribution in [-0.4, -0.2) is 38.9 Å². The van der Waals surface area contributed by atoms with Gasteiger partial charge >= 0.3 is 5.97 Å². The molecule has 3 atom stereocenters. The van der Waals surface area contributed by atoms with Gasteiger partial charge in [-0.05, 0) is 25.7 Å². The summed E-state index contributed by atoms with van der Waals surface area (Å²) in [6.45, 7) is 6.56. The second-order valence-corrected chi connectivity index (χ2v) is 4.59. The van der Waals surface area contributed by atoms with E-state index in [0.717, 1.165) is 26.2 Å². The number of carbonyl (C=O) groups is 1. The molecule has 1 fully saturated rings. The molecule has 3 unspecified atom stereocenters. The number of carbonyl (C=O) groups excluding carboxylic acids is 1. The third-order valence-corrected chi connectivity index (χ3v) is 3.31. The monoisotopic (exact) mass is 229 g/mol. The smallest absolute Gasteiger partial charge is 0.309 e. The van der Waals surface area contributed by atoms with Gasteiger partial charge in [-0.15, -0.1) is 0 Å². The van der Waals surface area contributed by atoms with Gasteiger partial charge in [0.1, 0.15) is 0 Å². The molecule has 1 N–H and O–H groups in total. The first-order valence-electron chi connectivity index (χ1n) is 6.04. The molecule has 1 saturated heterocycles. The molecule has 0 aliphatic carbocycles. The lowest BCUT2D eigenvalue weighted by atomic mass is 10.00. The lowest BCUT2D eigenvalue weighted by Gasteiger charge is -2.26. The highest BCUT2D eigenvalue weighted by molar-refractivity contribution is 5.72. The average Bonchev–Trinajstić information content (AvgIpc) is 2.35. The molecule has 0 radical (unpaired) electrons. The first-order chi connectivity index (χ1) is 7.65. The van der Waals surface area contributed by atoms with Crippen LogP contribution in [0.15, 0.2) is 0 Å². The van der Waals surface area contributed by atoms with Crippen LogP contribution in [0.25, 0.3) is 0 Å². The molecule has 94 valence electrons. The minimum Gasteiger partial charge on any atom is -0.469 e. The molecule has 0 saturated carbocycles. The standard InChI is InChI=1S/C12H23NO3/c1-9(12(14)15-3)10(2)13-7-11-5-4-6-16-8-11/h9-11,13H,4-8H2,1-3H3. The highest BCUT2D eigenvalue weighted by Gasteiger charge is 2.22. The van der Waals surface area contributed by atoms with E-state index >= 15 is 0 Å². The Bertz CT molecular complexity index is 214. The highest BCUT2D eigenvalue weighted by Crippen LogP contribution is 2.13. The molecule has 0 aromatic heterocycles. The number of nitrogens with one attached hydrogen (secondary N) is 1. The number of methoxy groups -OCH3 is 1. The van der Waals surface area contributed by atoms with Gasteiger partial charge in [0.2, 0.25) is 0 Å². The second-order valence-electron chi connectivity index (χ2n) is 4.59. The first kappa shape index (κ1) is 13.5. The van der Waals surface area contributed by atoms with Gasteiger partial charge in [0.25, 0.3) is 0 Å². The van der Waals surface area contributed by atoms with Crippen LogP contribution in [0, 0.1) is 11.8 Å².